The maximum atomic E-state index is 14.1. The Hall–Kier alpha value is -3.22. The van der Waals surface area contributed by atoms with E-state index in [9.17, 15) is 23.5 Å². The van der Waals surface area contributed by atoms with Crippen LogP contribution in [0.1, 0.15) is 53.7 Å². The lowest BCUT2D eigenvalue weighted by Crippen LogP contribution is -2.22. The van der Waals surface area contributed by atoms with Crippen LogP contribution in [-0.2, 0) is 4.79 Å². The molecule has 0 saturated carbocycles. The van der Waals surface area contributed by atoms with Gasteiger partial charge in [-0.25, -0.2) is 8.78 Å². The van der Waals surface area contributed by atoms with Crippen LogP contribution in [0.25, 0.3) is 10.9 Å². The molecular formula is C22H22F2N2O3. The summed E-state index contributed by atoms with van der Waals surface area (Å²) in [6.45, 7) is 3.63. The molecule has 1 heterocycles. The maximum Gasteiger partial charge on any atom is 0.262 e. The number of rotatable bonds is 6. The number of primary amides is 1. The summed E-state index contributed by atoms with van der Waals surface area (Å²) in [5.74, 6) is -3.70. The molecule has 5 nitrogen and oxygen atoms in total. The number of unbranched alkanes of at least 4 members (excludes halogenated alkanes) is 1. The minimum absolute atomic E-state index is 0.204. The first kappa shape index (κ1) is 20.5. The number of phenols is 1. The molecule has 1 amide bonds. The molecule has 152 valence electrons. The molecule has 0 bridgehead atoms. The zero-order chi connectivity index (χ0) is 21.3. The van der Waals surface area contributed by atoms with Crippen molar-refractivity contribution >= 4 is 22.7 Å². The summed E-state index contributed by atoms with van der Waals surface area (Å²) in [6.07, 6.45) is 2.04. The number of fused-ring (bicyclic) bond motifs is 1. The molecule has 29 heavy (non-hydrogen) atoms. The van der Waals surface area contributed by atoms with E-state index in [1.165, 1.54) is 22.8 Å². The van der Waals surface area contributed by atoms with Crippen LogP contribution in [0, 0.1) is 18.6 Å². The zero-order valence-corrected chi connectivity index (χ0v) is 16.2. The lowest BCUT2D eigenvalue weighted by molar-refractivity contribution is -0.119. The second-order valence-electron chi connectivity index (χ2n) is 7.06. The van der Waals surface area contributed by atoms with E-state index in [2.05, 4.69) is 0 Å². The molecule has 0 saturated heterocycles. The Balaban J connectivity index is 2.29. The van der Waals surface area contributed by atoms with Gasteiger partial charge in [0.05, 0.1) is 11.4 Å². The second-order valence-corrected chi connectivity index (χ2v) is 7.06. The van der Waals surface area contributed by atoms with Crippen LogP contribution < -0.4 is 5.73 Å². The molecule has 2 aromatic carbocycles. The first-order chi connectivity index (χ1) is 13.8. The number of nitrogens with two attached hydrogens (primary N) is 1. The number of benzene rings is 2. The van der Waals surface area contributed by atoms with Crippen molar-refractivity contribution in [1.82, 2.24) is 4.57 Å². The lowest BCUT2D eigenvalue weighted by atomic mass is 9.90. The Morgan fingerprint density at radius 2 is 1.83 bits per heavy atom. The lowest BCUT2D eigenvalue weighted by Gasteiger charge is -2.14. The van der Waals surface area contributed by atoms with E-state index in [-0.39, 0.29) is 11.1 Å². The number of hydrogen-bond acceptors (Lipinski definition) is 3. The van der Waals surface area contributed by atoms with E-state index >= 15 is 0 Å². The average molecular weight is 400 g/mol. The van der Waals surface area contributed by atoms with Crippen LogP contribution in [0.15, 0.2) is 36.4 Å². The van der Waals surface area contributed by atoms with Gasteiger partial charge in [-0.1, -0.05) is 19.8 Å². The monoisotopic (exact) mass is 400 g/mol. The molecular weight excluding hydrogens is 378 g/mol. The van der Waals surface area contributed by atoms with Crippen LogP contribution in [0.4, 0.5) is 8.78 Å². The van der Waals surface area contributed by atoms with Gasteiger partial charge >= 0.3 is 0 Å². The number of halogens is 2. The van der Waals surface area contributed by atoms with Crippen LogP contribution in [0.5, 0.6) is 5.75 Å². The van der Waals surface area contributed by atoms with Gasteiger partial charge in [-0.2, -0.15) is 0 Å². The van der Waals surface area contributed by atoms with Crippen molar-refractivity contribution in [2.24, 2.45) is 5.73 Å². The highest BCUT2D eigenvalue weighted by atomic mass is 19.1. The van der Waals surface area contributed by atoms with Gasteiger partial charge in [-0.05, 0) is 49.2 Å². The zero-order valence-electron chi connectivity index (χ0n) is 16.2. The first-order valence-corrected chi connectivity index (χ1v) is 9.39. The molecule has 0 aliphatic carbocycles. The van der Waals surface area contributed by atoms with Crippen LogP contribution in [0.2, 0.25) is 0 Å². The number of carbonyl (C=O) groups excluding carboxylic acids is 2. The first-order valence-electron chi connectivity index (χ1n) is 9.39. The largest absolute Gasteiger partial charge is 0.505 e. The Bertz CT molecular complexity index is 1090. The fraction of sp³-hybridized carbons (Fsp3) is 0.273. The summed E-state index contributed by atoms with van der Waals surface area (Å²) in [5, 5.41) is 10.3. The quantitative estimate of drug-likeness (QED) is 0.644. The highest BCUT2D eigenvalue weighted by molar-refractivity contribution is 6.05. The van der Waals surface area contributed by atoms with Crippen molar-refractivity contribution in [3.8, 4) is 5.75 Å². The van der Waals surface area contributed by atoms with E-state index in [1.807, 2.05) is 6.92 Å². The SMILES string of the molecule is CCCCC(C(N)=O)c1c(C)n(C(=O)c2ccc(F)cc2)c2cc(F)c(O)cc12. The Morgan fingerprint density at radius 3 is 2.41 bits per heavy atom. The molecule has 0 spiro atoms. The average Bonchev–Trinajstić information content (AvgIpc) is 2.94. The maximum absolute atomic E-state index is 14.1. The smallest absolute Gasteiger partial charge is 0.262 e. The molecule has 0 aliphatic rings. The second kappa shape index (κ2) is 8.03. The van der Waals surface area contributed by atoms with E-state index in [4.69, 9.17) is 5.73 Å². The molecule has 7 heteroatoms. The normalized spacial score (nSPS) is 12.3. The number of aromatic hydroxyl groups is 1. The third-order valence-corrected chi connectivity index (χ3v) is 5.15. The summed E-state index contributed by atoms with van der Waals surface area (Å²) in [7, 11) is 0. The third kappa shape index (κ3) is 3.72. The van der Waals surface area contributed by atoms with Crippen molar-refractivity contribution in [2.45, 2.75) is 39.0 Å². The fourth-order valence-electron chi connectivity index (χ4n) is 3.71. The molecule has 1 aromatic heterocycles. The number of nitrogens with zero attached hydrogens (tertiary/aromatic N) is 1. The molecule has 3 rings (SSSR count). The summed E-state index contributed by atoms with van der Waals surface area (Å²) < 4.78 is 28.7. The Morgan fingerprint density at radius 1 is 1.17 bits per heavy atom. The van der Waals surface area contributed by atoms with E-state index in [1.54, 1.807) is 6.92 Å². The third-order valence-electron chi connectivity index (χ3n) is 5.15. The molecule has 3 N–H and O–H groups in total. The van der Waals surface area contributed by atoms with Crippen molar-refractivity contribution < 1.29 is 23.5 Å². The van der Waals surface area contributed by atoms with Gasteiger partial charge in [0.25, 0.3) is 5.91 Å². The van der Waals surface area contributed by atoms with Crippen molar-refractivity contribution in [3.05, 3.63) is 64.9 Å². The van der Waals surface area contributed by atoms with Crippen LogP contribution >= 0.6 is 0 Å². The highest BCUT2D eigenvalue weighted by Crippen LogP contribution is 2.37. The Labute approximate surface area is 166 Å². The molecule has 3 aromatic rings. The summed E-state index contributed by atoms with van der Waals surface area (Å²) in [4.78, 5) is 25.3. The molecule has 0 radical (unpaired) electrons. The highest BCUT2D eigenvalue weighted by Gasteiger charge is 2.29. The summed E-state index contributed by atoms with van der Waals surface area (Å²) in [6, 6.07) is 7.26. The topological polar surface area (TPSA) is 85.3 Å². The standard InChI is InChI=1S/C22H22F2N2O3/c1-3-4-5-15(21(25)28)20-12(2)26(18-11-17(24)19(27)10-16(18)20)22(29)13-6-8-14(23)9-7-13/h6-11,15,27H,3-5H2,1-2H3,(H2,25,28). The predicted octanol–water partition coefficient (Wildman–Crippen LogP) is 4.38. The van der Waals surface area contributed by atoms with Gasteiger partial charge in [0.1, 0.15) is 5.82 Å². The van der Waals surface area contributed by atoms with E-state index in [0.29, 0.717) is 23.1 Å². The number of hydrogen-bond donors (Lipinski definition) is 2. The van der Waals surface area contributed by atoms with Gasteiger partial charge in [0, 0.05) is 22.7 Å². The van der Waals surface area contributed by atoms with Gasteiger partial charge < -0.3 is 10.8 Å². The van der Waals surface area contributed by atoms with Crippen LogP contribution in [-0.4, -0.2) is 21.5 Å². The van der Waals surface area contributed by atoms with Crippen LogP contribution in [0.3, 0.4) is 0 Å². The number of amides is 1. The van der Waals surface area contributed by atoms with Crippen molar-refractivity contribution in [2.75, 3.05) is 0 Å². The predicted molar refractivity (Wildman–Crippen MR) is 106 cm³/mol. The van der Waals surface area contributed by atoms with Gasteiger partial charge in [0.15, 0.2) is 11.6 Å². The molecule has 1 unspecified atom stereocenters. The number of carbonyl (C=O) groups is 2. The van der Waals surface area contributed by atoms with Gasteiger partial charge in [0.2, 0.25) is 5.91 Å². The summed E-state index contributed by atoms with van der Waals surface area (Å²) in [5.41, 5.74) is 6.98. The van der Waals surface area contributed by atoms with E-state index < -0.39 is 35.1 Å². The fourth-order valence-corrected chi connectivity index (χ4v) is 3.71. The molecule has 0 fully saturated rings. The van der Waals surface area contributed by atoms with Gasteiger partial charge in [-0.15, -0.1) is 0 Å². The minimum atomic E-state index is -0.890. The van der Waals surface area contributed by atoms with Crippen molar-refractivity contribution in [3.63, 3.8) is 0 Å². The van der Waals surface area contributed by atoms with Crippen molar-refractivity contribution in [1.29, 1.82) is 0 Å². The van der Waals surface area contributed by atoms with E-state index in [0.717, 1.165) is 31.0 Å². The summed E-state index contributed by atoms with van der Waals surface area (Å²) >= 11 is 0. The number of aromatic nitrogens is 1. The number of phenolic OH excluding ortho intramolecular Hbond substituents is 1. The minimum Gasteiger partial charge on any atom is -0.505 e. The molecule has 1 atom stereocenters. The Kier molecular flexibility index (Phi) is 5.68. The molecule has 0 aliphatic heterocycles. The van der Waals surface area contributed by atoms with Gasteiger partial charge in [-0.3, -0.25) is 14.2 Å².